The van der Waals surface area contributed by atoms with Crippen molar-refractivity contribution in [2.24, 2.45) is 5.16 Å². The van der Waals surface area contributed by atoms with Crippen LogP contribution < -0.4 is 10.6 Å². The molecule has 4 aromatic rings. The number of β-lactam (4-membered cyclic amide) rings is 1. The average Bonchev–Trinajstić information content (AvgIpc) is 3.61. The maximum atomic E-state index is 13.9. The lowest BCUT2D eigenvalue weighted by Gasteiger charge is -2.49. The highest BCUT2D eigenvalue weighted by Gasteiger charge is 2.54. The molecule has 0 saturated carbocycles. The number of nitrogens with one attached hydrogen (secondary N) is 2. The third-order valence-corrected chi connectivity index (χ3v) is 10.8. The Morgan fingerprint density at radius 1 is 0.962 bits per heavy atom. The van der Waals surface area contributed by atoms with Crippen molar-refractivity contribution in [1.29, 1.82) is 0 Å². The van der Waals surface area contributed by atoms with Crippen molar-refractivity contribution in [2.45, 2.75) is 43.3 Å². The van der Waals surface area contributed by atoms with Gasteiger partial charge < -0.3 is 25.3 Å². The molecule has 2 amide bonds. The van der Waals surface area contributed by atoms with Gasteiger partial charge in [0, 0.05) is 17.0 Å². The summed E-state index contributed by atoms with van der Waals surface area (Å²) in [6, 6.07) is 28.7. The maximum Gasteiger partial charge on any atom is 0.352 e. The summed E-state index contributed by atoms with van der Waals surface area (Å²) in [5, 5.41) is 21.5. The van der Waals surface area contributed by atoms with Gasteiger partial charge in [0.2, 0.25) is 6.61 Å². The van der Waals surface area contributed by atoms with E-state index in [4.69, 9.17) is 26.2 Å². The van der Waals surface area contributed by atoms with Gasteiger partial charge >= 0.3 is 11.9 Å². The van der Waals surface area contributed by atoms with Gasteiger partial charge in [-0.25, -0.2) is 14.6 Å². The van der Waals surface area contributed by atoms with Crippen LogP contribution in [0.2, 0.25) is 0 Å². The minimum Gasteiger partial charge on any atom is -0.477 e. The van der Waals surface area contributed by atoms with Crippen molar-refractivity contribution in [3.05, 3.63) is 130 Å². The minimum atomic E-state index is -1.28. The first-order valence-corrected chi connectivity index (χ1v) is 19.0. The number of nitrogens with zero attached hydrogens (tertiary/aromatic N) is 3. The molecular formula is C38H36ClN5O7S2. The number of ether oxygens (including phenoxy) is 1. The molecule has 2 aliphatic heterocycles. The standard InChI is InChI=1S/C38H36ClN5O7S2/c1-37(2,3)51-28(45)20-50-43-29(32(46)41-30-33(47)44-31(35(48)49)23(19-39)21-52-34(30)44)27-22-53-36(40-27)42-38(24-13-7-4-8-14-24,25-15-9-5-10-16-25)26-17-11-6-12-18-26/h4-18,22,30,34H,19-21H2,1-3H3,(H,40,42)(H,41,46)(H,48,49)/t30?,34-/m0/s1. The van der Waals surface area contributed by atoms with Crippen molar-refractivity contribution in [3.63, 3.8) is 0 Å². The number of anilines is 1. The van der Waals surface area contributed by atoms with E-state index in [-0.39, 0.29) is 28.7 Å². The number of thioether (sulfide) groups is 1. The predicted molar refractivity (Wildman–Crippen MR) is 204 cm³/mol. The molecule has 53 heavy (non-hydrogen) atoms. The first-order chi connectivity index (χ1) is 25.4. The van der Waals surface area contributed by atoms with E-state index in [9.17, 15) is 24.3 Å². The van der Waals surface area contributed by atoms with Crippen LogP contribution in [0.5, 0.6) is 0 Å². The number of carbonyl (C=O) groups excluding carboxylic acids is 3. The summed E-state index contributed by atoms with van der Waals surface area (Å²) >= 11 is 8.48. The molecule has 0 radical (unpaired) electrons. The number of alkyl halides is 1. The van der Waals surface area contributed by atoms with Crippen LogP contribution in [0.1, 0.15) is 43.2 Å². The SMILES string of the molecule is CC(C)(C)OC(=O)CON=C(C(=O)NC1C(=O)N2C(C(=O)O)=C(CCl)CS[C@@H]12)c1csc(NC(c2ccccc2)(c2ccccc2)c2ccccc2)n1. The molecule has 0 spiro atoms. The number of halogens is 1. The number of fused-ring (bicyclic) bond motifs is 1. The minimum absolute atomic E-state index is 0.0474. The van der Waals surface area contributed by atoms with Gasteiger partial charge in [0.25, 0.3) is 11.8 Å². The van der Waals surface area contributed by atoms with E-state index in [0.717, 1.165) is 21.6 Å². The smallest absolute Gasteiger partial charge is 0.352 e. The second kappa shape index (κ2) is 15.8. The van der Waals surface area contributed by atoms with Crippen LogP contribution in [0.3, 0.4) is 0 Å². The number of rotatable bonds is 13. The van der Waals surface area contributed by atoms with Gasteiger partial charge in [-0.2, -0.15) is 0 Å². The average molecular weight is 774 g/mol. The van der Waals surface area contributed by atoms with Crippen LogP contribution in [0, 0.1) is 0 Å². The molecule has 0 bridgehead atoms. The molecule has 274 valence electrons. The molecule has 0 aliphatic carbocycles. The van der Waals surface area contributed by atoms with Crippen LogP contribution >= 0.6 is 34.7 Å². The third kappa shape index (κ3) is 7.94. The van der Waals surface area contributed by atoms with E-state index in [1.807, 2.05) is 91.0 Å². The van der Waals surface area contributed by atoms with Gasteiger partial charge in [-0.05, 0) is 43.0 Å². The molecule has 2 atom stereocenters. The number of oxime groups is 1. The number of hydrogen-bond donors (Lipinski definition) is 3. The molecule has 3 heterocycles. The summed E-state index contributed by atoms with van der Waals surface area (Å²) in [4.78, 5) is 62.9. The zero-order valence-electron chi connectivity index (χ0n) is 28.9. The number of carboxylic acids is 1. The lowest BCUT2D eigenvalue weighted by molar-refractivity contribution is -0.160. The molecule has 1 unspecified atom stereocenters. The molecule has 15 heteroatoms. The Bertz CT molecular complexity index is 1960. The summed E-state index contributed by atoms with van der Waals surface area (Å²) in [6.45, 7) is 4.53. The Labute approximate surface area is 319 Å². The van der Waals surface area contributed by atoms with Crippen molar-refractivity contribution >= 4 is 69.3 Å². The number of carboxylic acid groups (broad SMARTS) is 1. The Morgan fingerprint density at radius 2 is 1.53 bits per heavy atom. The summed E-state index contributed by atoms with van der Waals surface area (Å²) in [6.07, 6.45) is 0. The Morgan fingerprint density at radius 3 is 2.04 bits per heavy atom. The third-order valence-electron chi connectivity index (χ3n) is 8.33. The van der Waals surface area contributed by atoms with Crippen molar-refractivity contribution in [2.75, 3.05) is 23.6 Å². The van der Waals surface area contributed by atoms with E-state index in [0.29, 0.717) is 10.7 Å². The normalized spacial score (nSPS) is 17.4. The molecule has 6 rings (SSSR count). The Hall–Kier alpha value is -5.18. The van der Waals surface area contributed by atoms with E-state index in [1.165, 1.54) is 23.1 Å². The van der Waals surface area contributed by atoms with E-state index in [2.05, 4.69) is 15.8 Å². The first-order valence-electron chi connectivity index (χ1n) is 16.5. The number of aromatic nitrogens is 1. The summed E-state index contributed by atoms with van der Waals surface area (Å²) < 4.78 is 5.31. The fourth-order valence-electron chi connectivity index (χ4n) is 6.10. The molecule has 2 aliphatic rings. The first kappa shape index (κ1) is 37.6. The number of aliphatic carboxylic acids is 1. The lowest BCUT2D eigenvalue weighted by Crippen LogP contribution is -2.71. The molecule has 1 aromatic heterocycles. The zero-order chi connectivity index (χ0) is 37.8. The molecule has 1 fully saturated rings. The van der Waals surface area contributed by atoms with Crippen molar-refractivity contribution in [3.8, 4) is 0 Å². The quantitative estimate of drug-likeness (QED) is 0.0391. The van der Waals surface area contributed by atoms with Crippen LogP contribution in [0.25, 0.3) is 0 Å². The van der Waals surface area contributed by atoms with Gasteiger partial charge in [0.05, 0.1) is 0 Å². The van der Waals surface area contributed by atoms with Crippen LogP contribution in [-0.2, 0) is 34.3 Å². The lowest BCUT2D eigenvalue weighted by atomic mass is 9.77. The predicted octanol–water partition coefficient (Wildman–Crippen LogP) is 5.59. The van der Waals surface area contributed by atoms with E-state index < -0.39 is 52.9 Å². The second-order valence-electron chi connectivity index (χ2n) is 13.1. The number of carbonyl (C=O) groups is 4. The monoisotopic (exact) mass is 773 g/mol. The highest BCUT2D eigenvalue weighted by molar-refractivity contribution is 8.00. The summed E-state index contributed by atoms with van der Waals surface area (Å²) in [7, 11) is 0. The van der Waals surface area contributed by atoms with Crippen LogP contribution in [0.15, 0.2) is 113 Å². The Balaban J connectivity index is 1.34. The topological polar surface area (TPSA) is 160 Å². The van der Waals surface area contributed by atoms with Gasteiger partial charge in [0.15, 0.2) is 10.8 Å². The number of esters is 1. The van der Waals surface area contributed by atoms with Gasteiger partial charge in [-0.1, -0.05) is 96.2 Å². The number of amides is 2. The Kier molecular flexibility index (Phi) is 11.2. The summed E-state index contributed by atoms with van der Waals surface area (Å²) in [5.74, 6) is -3.17. The van der Waals surface area contributed by atoms with Gasteiger partial charge in [-0.3, -0.25) is 14.5 Å². The van der Waals surface area contributed by atoms with E-state index in [1.54, 1.807) is 26.2 Å². The number of hydrogen-bond acceptors (Lipinski definition) is 11. The molecule has 3 N–H and O–H groups in total. The number of thiazole rings is 1. The molecule has 1 saturated heterocycles. The second-order valence-corrected chi connectivity index (χ2v) is 15.3. The largest absolute Gasteiger partial charge is 0.477 e. The van der Waals surface area contributed by atoms with E-state index >= 15 is 0 Å². The fourth-order valence-corrected chi connectivity index (χ4v) is 8.53. The van der Waals surface area contributed by atoms with Crippen LogP contribution in [-0.4, -0.2) is 79.7 Å². The zero-order valence-corrected chi connectivity index (χ0v) is 31.3. The van der Waals surface area contributed by atoms with Crippen molar-refractivity contribution in [1.82, 2.24) is 15.2 Å². The van der Waals surface area contributed by atoms with Gasteiger partial charge in [-0.15, -0.1) is 34.7 Å². The molecule has 3 aromatic carbocycles. The highest BCUT2D eigenvalue weighted by Crippen LogP contribution is 2.42. The molecular weight excluding hydrogens is 738 g/mol. The fraction of sp³-hybridized carbons (Fsp3) is 0.263. The van der Waals surface area contributed by atoms with Crippen LogP contribution in [0.4, 0.5) is 5.13 Å². The van der Waals surface area contributed by atoms with Gasteiger partial charge in [0.1, 0.15) is 33.9 Å². The number of benzene rings is 3. The maximum absolute atomic E-state index is 13.9. The molecule has 12 nitrogen and oxygen atoms in total. The highest BCUT2D eigenvalue weighted by atomic mass is 35.5. The van der Waals surface area contributed by atoms with Crippen molar-refractivity contribution < 1.29 is 33.9 Å². The summed E-state index contributed by atoms with van der Waals surface area (Å²) in [5.41, 5.74) is 1.17.